The van der Waals surface area contributed by atoms with Gasteiger partial charge in [0.25, 0.3) is 0 Å². The van der Waals surface area contributed by atoms with Gasteiger partial charge in [-0.1, -0.05) is 26.0 Å². The zero-order valence-electron chi connectivity index (χ0n) is 8.97. The summed E-state index contributed by atoms with van der Waals surface area (Å²) in [5, 5.41) is 0. The number of hydrogen-bond acceptors (Lipinski definition) is 1. The Kier molecular flexibility index (Phi) is 4.81. The number of unbranched alkanes of at least 4 members (excludes halogenated alkanes) is 1. The molecule has 0 unspecified atom stereocenters. The topological polar surface area (TPSA) is 0 Å². The molecule has 0 fully saturated rings. The largest absolute Gasteiger partial charge is 0.130 e. The van der Waals surface area contributed by atoms with E-state index in [-0.39, 0.29) is 0 Å². The zero-order chi connectivity index (χ0) is 10.4. The summed E-state index contributed by atoms with van der Waals surface area (Å²) in [6.45, 7) is 5.91. The lowest BCUT2D eigenvalue weighted by Crippen LogP contribution is -1.87. The normalized spacial score (nSPS) is 10.1. The lowest BCUT2D eigenvalue weighted by atomic mass is 10.1. The highest BCUT2D eigenvalue weighted by Crippen LogP contribution is 2.20. The number of aryl methyl sites for hydroxylation is 1. The predicted octanol–water partition coefficient (Wildman–Crippen LogP) is 4.09. The minimum Gasteiger partial charge on any atom is -0.130 e. The van der Waals surface area contributed by atoms with Crippen LogP contribution in [0, 0.1) is 6.08 Å². The molecule has 0 amide bonds. The van der Waals surface area contributed by atoms with E-state index in [1.807, 2.05) is 0 Å². The van der Waals surface area contributed by atoms with Crippen molar-refractivity contribution in [1.82, 2.24) is 0 Å². The highest BCUT2D eigenvalue weighted by Gasteiger charge is 1.98. The zero-order valence-corrected chi connectivity index (χ0v) is 9.79. The van der Waals surface area contributed by atoms with E-state index in [1.54, 1.807) is 11.8 Å². The number of thioether (sulfide) groups is 1. The molecule has 1 aromatic rings. The smallest absolute Gasteiger partial charge is 0.00780 e. The van der Waals surface area contributed by atoms with E-state index in [2.05, 4.69) is 44.0 Å². The van der Waals surface area contributed by atoms with Gasteiger partial charge in [0.2, 0.25) is 0 Å². The quantitative estimate of drug-likeness (QED) is 0.652. The Morgan fingerprint density at radius 3 is 2.71 bits per heavy atom. The van der Waals surface area contributed by atoms with Gasteiger partial charge in [-0.05, 0) is 48.4 Å². The first-order valence-corrected chi connectivity index (χ1v) is 6.23. The molecule has 0 aromatic heterocycles. The molecule has 0 aliphatic carbocycles. The highest BCUT2D eigenvalue weighted by atomic mass is 32.2. The van der Waals surface area contributed by atoms with Crippen LogP contribution < -0.4 is 0 Å². The van der Waals surface area contributed by atoms with Crippen LogP contribution >= 0.6 is 11.8 Å². The Balaban J connectivity index is 2.86. The molecular formula is C13H17S. The summed E-state index contributed by atoms with van der Waals surface area (Å²) in [5.41, 5.74) is 2.52. The molecule has 0 saturated carbocycles. The van der Waals surface area contributed by atoms with Crippen LogP contribution in [0.5, 0.6) is 0 Å². The van der Waals surface area contributed by atoms with E-state index in [0.29, 0.717) is 0 Å². The maximum Gasteiger partial charge on any atom is 0.00780 e. The molecule has 0 nitrogen and oxygen atoms in total. The molecular weight excluding hydrogens is 188 g/mol. The van der Waals surface area contributed by atoms with E-state index < -0.39 is 0 Å². The Morgan fingerprint density at radius 2 is 2.14 bits per heavy atom. The average molecular weight is 205 g/mol. The van der Waals surface area contributed by atoms with Crippen LogP contribution in [-0.4, -0.2) is 6.26 Å². The summed E-state index contributed by atoms with van der Waals surface area (Å²) in [5.74, 6) is 0. The molecule has 0 bridgehead atoms. The monoisotopic (exact) mass is 205 g/mol. The fourth-order valence-corrected chi connectivity index (χ4v) is 1.92. The second kappa shape index (κ2) is 5.92. The molecule has 0 aliphatic rings. The summed E-state index contributed by atoms with van der Waals surface area (Å²) in [6.07, 6.45) is 8.73. The summed E-state index contributed by atoms with van der Waals surface area (Å²) < 4.78 is 0. The summed E-state index contributed by atoms with van der Waals surface area (Å²) in [6, 6.07) is 6.58. The Morgan fingerprint density at radius 1 is 1.36 bits per heavy atom. The van der Waals surface area contributed by atoms with Gasteiger partial charge in [0.1, 0.15) is 0 Å². The maximum absolute atomic E-state index is 3.69. The molecule has 0 saturated heterocycles. The molecule has 14 heavy (non-hydrogen) atoms. The Bertz CT molecular complexity index is 302. The van der Waals surface area contributed by atoms with Crippen LogP contribution in [0.2, 0.25) is 0 Å². The lowest BCUT2D eigenvalue weighted by Gasteiger charge is -2.05. The molecule has 0 aliphatic heterocycles. The van der Waals surface area contributed by atoms with Crippen molar-refractivity contribution in [2.45, 2.75) is 31.1 Å². The van der Waals surface area contributed by atoms with E-state index >= 15 is 0 Å². The second-order valence-electron chi connectivity index (χ2n) is 3.35. The van der Waals surface area contributed by atoms with Crippen molar-refractivity contribution in [1.29, 1.82) is 0 Å². The van der Waals surface area contributed by atoms with Gasteiger partial charge >= 0.3 is 0 Å². The molecule has 75 valence electrons. The Labute approximate surface area is 91.4 Å². The van der Waals surface area contributed by atoms with Gasteiger partial charge in [0.05, 0.1) is 0 Å². The molecule has 0 spiro atoms. The van der Waals surface area contributed by atoms with E-state index in [4.69, 9.17) is 0 Å². The average Bonchev–Trinajstić information content (AvgIpc) is 2.25. The molecule has 0 atom stereocenters. The summed E-state index contributed by atoms with van der Waals surface area (Å²) in [7, 11) is 0. The molecule has 0 heterocycles. The van der Waals surface area contributed by atoms with Gasteiger partial charge < -0.3 is 0 Å². The van der Waals surface area contributed by atoms with E-state index in [1.165, 1.54) is 29.7 Å². The van der Waals surface area contributed by atoms with Gasteiger partial charge in [0.15, 0.2) is 0 Å². The summed E-state index contributed by atoms with van der Waals surface area (Å²) >= 11 is 1.78. The first-order valence-electron chi connectivity index (χ1n) is 5.01. The van der Waals surface area contributed by atoms with Crippen LogP contribution in [0.25, 0.3) is 0 Å². The summed E-state index contributed by atoms with van der Waals surface area (Å²) in [4.78, 5) is 1.31. The fraction of sp³-hybridized carbons (Fsp3) is 0.385. The molecule has 1 rings (SSSR count). The van der Waals surface area contributed by atoms with Crippen LogP contribution in [0.3, 0.4) is 0 Å². The molecule has 0 N–H and O–H groups in total. The third-order valence-corrected chi connectivity index (χ3v) is 2.93. The predicted molar refractivity (Wildman–Crippen MR) is 64.8 cm³/mol. The molecule has 1 heteroatoms. The van der Waals surface area contributed by atoms with Crippen molar-refractivity contribution in [2.75, 3.05) is 6.26 Å². The van der Waals surface area contributed by atoms with Crippen LogP contribution in [0.1, 0.15) is 30.9 Å². The number of rotatable bonds is 5. The van der Waals surface area contributed by atoms with Crippen molar-refractivity contribution in [3.05, 3.63) is 42.0 Å². The minimum absolute atomic E-state index is 1.11. The van der Waals surface area contributed by atoms with Crippen LogP contribution in [0.4, 0.5) is 0 Å². The van der Waals surface area contributed by atoms with Gasteiger partial charge in [-0.25, -0.2) is 0 Å². The fourth-order valence-electron chi connectivity index (χ4n) is 1.41. The van der Waals surface area contributed by atoms with Crippen molar-refractivity contribution in [2.24, 2.45) is 0 Å². The number of hydrogen-bond donors (Lipinski definition) is 0. The van der Waals surface area contributed by atoms with Gasteiger partial charge in [-0.3, -0.25) is 0 Å². The van der Waals surface area contributed by atoms with Crippen LogP contribution in [0.15, 0.2) is 29.7 Å². The Hall–Kier alpha value is -0.690. The third-order valence-electron chi connectivity index (χ3n) is 2.23. The molecule has 1 radical (unpaired) electrons. The lowest BCUT2D eigenvalue weighted by molar-refractivity contribution is 0.793. The van der Waals surface area contributed by atoms with Crippen molar-refractivity contribution in [3.63, 3.8) is 0 Å². The van der Waals surface area contributed by atoms with E-state index in [9.17, 15) is 0 Å². The van der Waals surface area contributed by atoms with Crippen molar-refractivity contribution in [3.8, 4) is 0 Å². The second-order valence-corrected chi connectivity index (χ2v) is 4.23. The SMILES string of the molecule is C=[C]c1cc(CCCC)cc(SC)c1. The first kappa shape index (κ1) is 11.4. The van der Waals surface area contributed by atoms with Crippen molar-refractivity contribution >= 4 is 11.8 Å². The van der Waals surface area contributed by atoms with Crippen molar-refractivity contribution < 1.29 is 0 Å². The highest BCUT2D eigenvalue weighted by molar-refractivity contribution is 7.98. The molecule has 1 aromatic carbocycles. The van der Waals surface area contributed by atoms with Gasteiger partial charge in [0, 0.05) is 4.90 Å². The van der Waals surface area contributed by atoms with Gasteiger partial charge in [-0.15, -0.1) is 11.8 Å². The van der Waals surface area contributed by atoms with E-state index in [0.717, 1.165) is 5.56 Å². The first-order chi connectivity index (χ1) is 6.80. The van der Waals surface area contributed by atoms with Gasteiger partial charge in [-0.2, -0.15) is 0 Å². The third kappa shape index (κ3) is 3.22. The minimum atomic E-state index is 1.11. The maximum atomic E-state index is 3.69. The standard InChI is InChI=1S/C13H17S/c1-4-6-7-12-8-11(5-2)9-13(10-12)14-3/h8-10H,2,4,6-7H2,1,3H3. The number of benzene rings is 1. The van der Waals surface area contributed by atoms with Crippen LogP contribution in [-0.2, 0) is 6.42 Å².